The number of amides is 1. The van der Waals surface area contributed by atoms with E-state index in [-0.39, 0.29) is 34.2 Å². The van der Waals surface area contributed by atoms with Gasteiger partial charge in [-0.05, 0) is 31.5 Å². The molecule has 2 aromatic rings. The van der Waals surface area contributed by atoms with E-state index in [0.717, 1.165) is 0 Å². The fourth-order valence-corrected chi connectivity index (χ4v) is 3.32. The third-order valence-corrected chi connectivity index (χ3v) is 4.79. The second kappa shape index (κ2) is 7.13. The van der Waals surface area contributed by atoms with Crippen LogP contribution in [0.25, 0.3) is 0 Å². The number of nitro groups is 1. The number of halogens is 3. The van der Waals surface area contributed by atoms with E-state index in [4.69, 9.17) is 0 Å². The predicted octanol–water partition coefficient (Wildman–Crippen LogP) is 2.57. The molecule has 1 saturated heterocycles. The largest absolute Gasteiger partial charge is 0.438 e. The van der Waals surface area contributed by atoms with Gasteiger partial charge in [-0.1, -0.05) is 18.7 Å². The highest BCUT2D eigenvalue weighted by molar-refractivity contribution is 5.95. The fraction of sp³-hybridized carbons (Fsp3) is 0.333. The molecular weight excluding hydrogens is 407 g/mol. The minimum Gasteiger partial charge on any atom is -0.362 e. The number of aryl methyl sites for hydroxylation is 1. The molecule has 2 N–H and O–H groups in total. The summed E-state index contributed by atoms with van der Waals surface area (Å²) in [4.78, 5) is 23.3. The van der Waals surface area contributed by atoms with Crippen molar-refractivity contribution in [3.8, 4) is 0 Å². The van der Waals surface area contributed by atoms with Gasteiger partial charge in [-0.25, -0.2) is 5.01 Å². The number of hydrogen-bond donors (Lipinski definition) is 2. The van der Waals surface area contributed by atoms with Crippen LogP contribution in [-0.2, 0) is 6.54 Å². The van der Waals surface area contributed by atoms with Crippen molar-refractivity contribution in [2.45, 2.75) is 38.7 Å². The van der Waals surface area contributed by atoms with Crippen LogP contribution in [0.1, 0.15) is 33.7 Å². The minimum atomic E-state index is -5.10. The molecule has 1 atom stereocenters. The Hall–Kier alpha value is -3.41. The van der Waals surface area contributed by atoms with Crippen LogP contribution in [0.5, 0.6) is 0 Å². The lowest BCUT2D eigenvalue weighted by atomic mass is 10.1. The first-order valence-electron chi connectivity index (χ1n) is 8.70. The first kappa shape index (κ1) is 21.3. The zero-order chi connectivity index (χ0) is 22.4. The molecule has 0 aliphatic carbocycles. The molecule has 2 heterocycles. The highest BCUT2D eigenvalue weighted by atomic mass is 19.4. The van der Waals surface area contributed by atoms with Crippen molar-refractivity contribution >= 4 is 11.6 Å². The van der Waals surface area contributed by atoms with Gasteiger partial charge < -0.3 is 5.11 Å². The molecule has 0 bridgehead atoms. The number of nitrogens with one attached hydrogen (secondary N) is 1. The lowest BCUT2D eigenvalue weighted by Crippen LogP contribution is -2.59. The highest BCUT2D eigenvalue weighted by Gasteiger charge is 2.63. The lowest BCUT2D eigenvalue weighted by Gasteiger charge is -2.33. The van der Waals surface area contributed by atoms with Crippen molar-refractivity contribution in [2.75, 3.05) is 0 Å². The van der Waals surface area contributed by atoms with Gasteiger partial charge >= 0.3 is 11.9 Å². The van der Waals surface area contributed by atoms with Gasteiger partial charge in [0.1, 0.15) is 11.4 Å². The molecule has 1 aliphatic heterocycles. The summed E-state index contributed by atoms with van der Waals surface area (Å²) >= 11 is 0. The van der Waals surface area contributed by atoms with Gasteiger partial charge in [0.25, 0.3) is 11.6 Å². The Morgan fingerprint density at radius 2 is 2.10 bits per heavy atom. The van der Waals surface area contributed by atoms with Crippen LogP contribution in [0.2, 0.25) is 0 Å². The smallest absolute Gasteiger partial charge is 0.362 e. The molecule has 0 spiro atoms. The zero-order valence-electron chi connectivity index (χ0n) is 16.0. The van der Waals surface area contributed by atoms with Gasteiger partial charge in [0.05, 0.1) is 11.5 Å². The lowest BCUT2D eigenvalue weighted by molar-refractivity contribution is -0.386. The topological polar surface area (TPSA) is 114 Å². The molecule has 12 heteroatoms. The maximum atomic E-state index is 13.4. The first-order valence-corrected chi connectivity index (χ1v) is 8.70. The van der Waals surface area contributed by atoms with E-state index in [1.54, 1.807) is 6.07 Å². The van der Waals surface area contributed by atoms with Gasteiger partial charge in [-0.2, -0.15) is 18.3 Å². The summed E-state index contributed by atoms with van der Waals surface area (Å²) in [6.45, 7) is 6.44. The summed E-state index contributed by atoms with van der Waals surface area (Å²) in [5, 5.41) is 25.5. The maximum absolute atomic E-state index is 13.4. The van der Waals surface area contributed by atoms with Gasteiger partial charge in [0.2, 0.25) is 0 Å². The number of carbonyl (C=O) groups excluding carboxylic acids is 1. The number of hydrazine groups is 1. The minimum absolute atomic E-state index is 0.0608. The molecule has 1 aromatic heterocycles. The number of benzene rings is 1. The monoisotopic (exact) mass is 425 g/mol. The number of nitrogens with zero attached hydrogens (tertiary/aromatic N) is 4. The number of hydrogen-bond acceptors (Lipinski definition) is 6. The van der Waals surface area contributed by atoms with Gasteiger partial charge in [-0.3, -0.25) is 25.0 Å². The second-order valence-electron chi connectivity index (χ2n) is 6.98. The Morgan fingerprint density at radius 1 is 1.43 bits per heavy atom. The Kier molecular flexibility index (Phi) is 5.06. The zero-order valence-corrected chi connectivity index (χ0v) is 16.0. The van der Waals surface area contributed by atoms with E-state index in [0.29, 0.717) is 11.3 Å². The summed E-state index contributed by atoms with van der Waals surface area (Å²) in [6, 6.07) is 5.70. The average molecular weight is 425 g/mol. The molecule has 1 fully saturated rings. The number of alkyl halides is 3. The highest BCUT2D eigenvalue weighted by Crippen LogP contribution is 2.41. The van der Waals surface area contributed by atoms with Crippen molar-refractivity contribution in [1.82, 2.24) is 20.2 Å². The molecular formula is C18H18F3N5O4. The molecule has 3 rings (SSSR count). The summed E-state index contributed by atoms with van der Waals surface area (Å²) in [5.74, 6) is -1.10. The molecule has 1 aromatic carbocycles. The summed E-state index contributed by atoms with van der Waals surface area (Å²) in [5.41, 5.74) is -0.641. The molecule has 30 heavy (non-hydrogen) atoms. The molecule has 1 unspecified atom stereocenters. The Balaban J connectivity index is 1.91. The van der Waals surface area contributed by atoms with Crippen LogP contribution in [0.15, 0.2) is 36.5 Å². The maximum Gasteiger partial charge on any atom is 0.438 e. The normalized spacial score (nSPS) is 19.1. The van der Waals surface area contributed by atoms with Crippen molar-refractivity contribution in [3.63, 3.8) is 0 Å². The number of aromatic nitrogens is 2. The van der Waals surface area contributed by atoms with Crippen LogP contribution >= 0.6 is 0 Å². The third kappa shape index (κ3) is 3.49. The van der Waals surface area contributed by atoms with Crippen molar-refractivity contribution < 1.29 is 28.0 Å². The Bertz CT molecular complexity index is 1050. The fourth-order valence-electron chi connectivity index (χ4n) is 3.32. The van der Waals surface area contributed by atoms with Crippen LogP contribution in [0, 0.1) is 24.0 Å². The van der Waals surface area contributed by atoms with Crippen LogP contribution in [0.4, 0.5) is 18.9 Å². The Morgan fingerprint density at radius 3 is 2.67 bits per heavy atom. The summed E-state index contributed by atoms with van der Waals surface area (Å²) in [6.07, 6.45) is -5.99. The van der Waals surface area contributed by atoms with Gasteiger partial charge in [0.15, 0.2) is 0 Å². The quantitative estimate of drug-likeness (QED) is 0.575. The summed E-state index contributed by atoms with van der Waals surface area (Å²) < 4.78 is 41.5. The van der Waals surface area contributed by atoms with Crippen LogP contribution < -0.4 is 5.43 Å². The van der Waals surface area contributed by atoms with Crippen LogP contribution in [0.3, 0.4) is 0 Å². The molecule has 0 saturated carbocycles. The SMILES string of the molecule is C=C1CC(O)(C(F)(F)F)N(C(=O)c2cccc(Cn3nc(C)c([N+](=O)[O-])c3C)c2)N1. The predicted molar refractivity (Wildman–Crippen MR) is 98.0 cm³/mol. The molecule has 1 aliphatic rings. The summed E-state index contributed by atoms with van der Waals surface area (Å²) in [7, 11) is 0. The molecule has 160 valence electrons. The molecule has 9 nitrogen and oxygen atoms in total. The number of carbonyl (C=O) groups is 1. The van der Waals surface area contributed by atoms with E-state index in [2.05, 4.69) is 17.1 Å². The van der Waals surface area contributed by atoms with E-state index in [1.165, 1.54) is 36.7 Å². The van der Waals surface area contributed by atoms with Gasteiger partial charge in [-0.15, -0.1) is 0 Å². The van der Waals surface area contributed by atoms with E-state index >= 15 is 0 Å². The second-order valence-corrected chi connectivity index (χ2v) is 6.98. The average Bonchev–Trinajstić information content (AvgIpc) is 3.10. The third-order valence-electron chi connectivity index (χ3n) is 4.79. The van der Waals surface area contributed by atoms with E-state index in [1.807, 2.05) is 0 Å². The van der Waals surface area contributed by atoms with Crippen molar-refractivity contribution in [2.24, 2.45) is 0 Å². The standard InChI is InChI=1S/C18H18F3N5O4/c1-10-8-17(28,18(19,20)21)25(22-10)16(27)14-6-4-5-13(7-14)9-24-12(3)15(26(29)30)11(2)23-24/h4-7,22,28H,1,8-9H2,2-3H3. The molecule has 1 amide bonds. The first-order chi connectivity index (χ1) is 13.8. The molecule has 0 radical (unpaired) electrons. The van der Waals surface area contributed by atoms with E-state index < -0.39 is 29.2 Å². The van der Waals surface area contributed by atoms with Gasteiger partial charge in [0, 0.05) is 17.7 Å². The van der Waals surface area contributed by atoms with Crippen molar-refractivity contribution in [1.29, 1.82) is 0 Å². The van der Waals surface area contributed by atoms with Crippen molar-refractivity contribution in [3.05, 3.63) is 69.2 Å². The van der Waals surface area contributed by atoms with E-state index in [9.17, 15) is 33.2 Å². The Labute approximate surface area is 168 Å². The number of aliphatic hydroxyl groups is 1. The number of rotatable bonds is 4. The van der Waals surface area contributed by atoms with Crippen LogP contribution in [-0.4, -0.2) is 42.6 Å².